The second-order valence-electron chi connectivity index (χ2n) is 4.12. The van der Waals surface area contributed by atoms with Gasteiger partial charge in [0, 0.05) is 13.1 Å². The topological polar surface area (TPSA) is 92.5 Å². The molecule has 0 bridgehead atoms. The number of amides is 2. The van der Waals surface area contributed by atoms with Crippen LogP contribution in [-0.4, -0.2) is 41.3 Å². The molecule has 7 nitrogen and oxygen atoms in total. The number of halogens is 2. The lowest BCUT2D eigenvalue weighted by molar-refractivity contribution is -0.387. The average molecular weight is 285 g/mol. The van der Waals surface area contributed by atoms with Gasteiger partial charge in [0.05, 0.1) is 23.1 Å². The molecule has 1 N–H and O–H groups in total. The summed E-state index contributed by atoms with van der Waals surface area (Å²) in [6.07, 6.45) is 0. The summed E-state index contributed by atoms with van der Waals surface area (Å²) < 4.78 is 27.1. The minimum atomic E-state index is -1.30. The molecule has 0 unspecified atom stereocenters. The lowest BCUT2D eigenvalue weighted by Crippen LogP contribution is -2.50. The van der Waals surface area contributed by atoms with Crippen LogP contribution in [0.25, 0.3) is 0 Å². The quantitative estimate of drug-likeness (QED) is 0.630. The van der Waals surface area contributed by atoms with Gasteiger partial charge >= 0.3 is 5.69 Å². The molecular formula is C11H9F2N3O4. The van der Waals surface area contributed by atoms with Gasteiger partial charge in [-0.3, -0.25) is 19.7 Å². The Morgan fingerprint density at radius 2 is 2.05 bits per heavy atom. The molecule has 1 aromatic carbocycles. The van der Waals surface area contributed by atoms with Crippen molar-refractivity contribution in [2.24, 2.45) is 0 Å². The van der Waals surface area contributed by atoms with Crippen LogP contribution in [0, 0.1) is 21.7 Å². The first-order valence-electron chi connectivity index (χ1n) is 5.59. The molecule has 106 valence electrons. The summed E-state index contributed by atoms with van der Waals surface area (Å²) in [5.74, 6) is -3.80. The minimum absolute atomic E-state index is 0.155. The number of nitrogens with one attached hydrogen (secondary N) is 1. The molecule has 0 aromatic heterocycles. The van der Waals surface area contributed by atoms with Crippen LogP contribution in [0.5, 0.6) is 0 Å². The molecule has 9 heteroatoms. The Balaban J connectivity index is 2.33. The standard InChI is InChI=1S/C11H9F2N3O4/c12-7-4-9(16(19)20)8(13)3-6(7)11(18)15-2-1-14-10(17)5-15/h3-4H,1-2,5H2,(H,14,17). The Morgan fingerprint density at radius 1 is 1.35 bits per heavy atom. The summed E-state index contributed by atoms with van der Waals surface area (Å²) in [4.78, 5) is 33.5. The molecule has 1 aliphatic rings. The number of nitro groups is 1. The minimum Gasteiger partial charge on any atom is -0.353 e. The van der Waals surface area contributed by atoms with Gasteiger partial charge in [-0.1, -0.05) is 0 Å². The lowest BCUT2D eigenvalue weighted by Gasteiger charge is -2.26. The first kappa shape index (κ1) is 13.8. The van der Waals surface area contributed by atoms with Crippen molar-refractivity contribution in [2.45, 2.75) is 0 Å². The van der Waals surface area contributed by atoms with Crippen molar-refractivity contribution < 1.29 is 23.3 Å². The van der Waals surface area contributed by atoms with Gasteiger partial charge in [-0.25, -0.2) is 4.39 Å². The zero-order valence-corrected chi connectivity index (χ0v) is 10.1. The molecule has 0 aliphatic carbocycles. The van der Waals surface area contributed by atoms with Gasteiger partial charge in [-0.2, -0.15) is 4.39 Å². The van der Waals surface area contributed by atoms with Crippen molar-refractivity contribution >= 4 is 17.5 Å². The predicted octanol–water partition coefficient (Wildman–Crippen LogP) is 0.445. The molecule has 1 fully saturated rings. The number of carbonyl (C=O) groups excluding carboxylic acids is 2. The second-order valence-corrected chi connectivity index (χ2v) is 4.12. The highest BCUT2D eigenvalue weighted by atomic mass is 19.1. The highest BCUT2D eigenvalue weighted by Crippen LogP contribution is 2.22. The zero-order chi connectivity index (χ0) is 14.9. The Bertz CT molecular complexity index is 606. The van der Waals surface area contributed by atoms with E-state index in [1.807, 2.05) is 0 Å². The SMILES string of the molecule is O=C1CN(C(=O)c2cc(F)c([N+](=O)[O-])cc2F)CCN1. The Morgan fingerprint density at radius 3 is 2.65 bits per heavy atom. The van der Waals surface area contributed by atoms with Crippen molar-refractivity contribution in [3.63, 3.8) is 0 Å². The predicted molar refractivity (Wildman–Crippen MR) is 61.9 cm³/mol. The maximum absolute atomic E-state index is 13.7. The molecule has 0 atom stereocenters. The van der Waals surface area contributed by atoms with Crippen molar-refractivity contribution in [3.05, 3.63) is 39.4 Å². The van der Waals surface area contributed by atoms with Crippen LogP contribution in [0.15, 0.2) is 12.1 Å². The average Bonchev–Trinajstić information content (AvgIpc) is 2.40. The van der Waals surface area contributed by atoms with Crippen LogP contribution in [0.3, 0.4) is 0 Å². The van der Waals surface area contributed by atoms with E-state index < -0.39 is 39.6 Å². The van der Waals surface area contributed by atoms with E-state index in [1.54, 1.807) is 0 Å². The van der Waals surface area contributed by atoms with Gasteiger partial charge in [-0.15, -0.1) is 0 Å². The highest BCUT2D eigenvalue weighted by Gasteiger charge is 2.27. The summed E-state index contributed by atoms with van der Waals surface area (Å²) in [7, 11) is 0. The van der Waals surface area contributed by atoms with E-state index in [-0.39, 0.29) is 19.6 Å². The molecule has 1 saturated heterocycles. The monoisotopic (exact) mass is 285 g/mol. The molecular weight excluding hydrogens is 276 g/mol. The number of hydrogen-bond acceptors (Lipinski definition) is 4. The van der Waals surface area contributed by atoms with Gasteiger partial charge in [0.15, 0.2) is 0 Å². The van der Waals surface area contributed by atoms with E-state index in [0.29, 0.717) is 12.1 Å². The summed E-state index contributed by atoms with van der Waals surface area (Å²) >= 11 is 0. The Labute approximate surface area is 111 Å². The second kappa shape index (κ2) is 5.19. The lowest BCUT2D eigenvalue weighted by atomic mass is 10.1. The van der Waals surface area contributed by atoms with Crippen LogP contribution in [-0.2, 0) is 4.79 Å². The normalized spacial score (nSPS) is 14.9. The molecule has 0 saturated carbocycles. The highest BCUT2D eigenvalue weighted by molar-refractivity contribution is 5.97. The summed E-state index contributed by atoms with van der Waals surface area (Å²) in [5, 5.41) is 12.9. The zero-order valence-electron chi connectivity index (χ0n) is 10.1. The molecule has 2 rings (SSSR count). The van der Waals surface area contributed by atoms with Gasteiger partial charge in [-0.05, 0) is 6.07 Å². The first-order valence-corrected chi connectivity index (χ1v) is 5.59. The van der Waals surface area contributed by atoms with Crippen molar-refractivity contribution in [3.8, 4) is 0 Å². The fourth-order valence-electron chi connectivity index (χ4n) is 1.82. The third kappa shape index (κ3) is 2.56. The number of hydrogen-bond donors (Lipinski definition) is 1. The smallest absolute Gasteiger partial charge is 0.307 e. The number of nitro benzene ring substituents is 1. The van der Waals surface area contributed by atoms with E-state index >= 15 is 0 Å². The van der Waals surface area contributed by atoms with Crippen LogP contribution in [0.1, 0.15) is 10.4 Å². The van der Waals surface area contributed by atoms with E-state index in [9.17, 15) is 28.5 Å². The van der Waals surface area contributed by atoms with E-state index in [0.717, 1.165) is 4.90 Å². The summed E-state index contributed by atoms with van der Waals surface area (Å²) in [6.45, 7) is 0.0984. The van der Waals surface area contributed by atoms with E-state index in [1.165, 1.54) is 0 Å². The molecule has 0 radical (unpaired) electrons. The van der Waals surface area contributed by atoms with Crippen LogP contribution in [0.2, 0.25) is 0 Å². The number of carbonyl (C=O) groups is 2. The van der Waals surface area contributed by atoms with Crippen LogP contribution < -0.4 is 5.32 Å². The maximum atomic E-state index is 13.7. The maximum Gasteiger partial charge on any atom is 0.307 e. The van der Waals surface area contributed by atoms with Gasteiger partial charge < -0.3 is 10.2 Å². The number of benzene rings is 1. The third-order valence-corrected chi connectivity index (χ3v) is 2.79. The molecule has 1 heterocycles. The van der Waals surface area contributed by atoms with E-state index in [2.05, 4.69) is 5.32 Å². The number of rotatable bonds is 2. The first-order chi connectivity index (χ1) is 9.40. The van der Waals surface area contributed by atoms with Crippen molar-refractivity contribution in [1.29, 1.82) is 0 Å². The Kier molecular flexibility index (Phi) is 3.59. The van der Waals surface area contributed by atoms with Crippen molar-refractivity contribution in [1.82, 2.24) is 10.2 Å². The molecule has 0 spiro atoms. The number of piperazine rings is 1. The fourth-order valence-corrected chi connectivity index (χ4v) is 1.82. The fraction of sp³-hybridized carbons (Fsp3) is 0.273. The largest absolute Gasteiger partial charge is 0.353 e. The van der Waals surface area contributed by atoms with Gasteiger partial charge in [0.2, 0.25) is 11.7 Å². The summed E-state index contributed by atoms with van der Waals surface area (Å²) in [5.41, 5.74) is -1.68. The molecule has 20 heavy (non-hydrogen) atoms. The van der Waals surface area contributed by atoms with Crippen molar-refractivity contribution in [2.75, 3.05) is 19.6 Å². The summed E-state index contributed by atoms with van der Waals surface area (Å²) in [6, 6.07) is 0.828. The molecule has 1 aromatic rings. The van der Waals surface area contributed by atoms with Crippen LogP contribution >= 0.6 is 0 Å². The van der Waals surface area contributed by atoms with Gasteiger partial charge in [0.1, 0.15) is 5.82 Å². The van der Waals surface area contributed by atoms with Crippen LogP contribution in [0.4, 0.5) is 14.5 Å². The third-order valence-electron chi connectivity index (χ3n) is 2.79. The number of nitrogens with zero attached hydrogens (tertiary/aromatic N) is 2. The van der Waals surface area contributed by atoms with Gasteiger partial charge in [0.25, 0.3) is 5.91 Å². The molecule has 2 amide bonds. The Hall–Kier alpha value is -2.58. The van der Waals surface area contributed by atoms with E-state index in [4.69, 9.17) is 0 Å². The molecule has 1 aliphatic heterocycles.